The van der Waals surface area contributed by atoms with Gasteiger partial charge >= 0.3 is 0 Å². The molecule has 0 radical (unpaired) electrons. The van der Waals surface area contributed by atoms with Crippen molar-refractivity contribution >= 4 is 23.2 Å². The van der Waals surface area contributed by atoms with Crippen LogP contribution in [0.25, 0.3) is 0 Å². The highest BCUT2D eigenvalue weighted by Gasteiger charge is 2.09. The molecule has 1 heterocycles. The lowest BCUT2D eigenvalue weighted by Gasteiger charge is -2.15. The molecule has 0 unspecified atom stereocenters. The molecule has 138 valence electrons. The highest BCUT2D eigenvalue weighted by Crippen LogP contribution is 2.16. The van der Waals surface area contributed by atoms with Gasteiger partial charge < -0.3 is 10.2 Å². The van der Waals surface area contributed by atoms with Gasteiger partial charge in [0.2, 0.25) is 5.91 Å². The van der Waals surface area contributed by atoms with Gasteiger partial charge in [0.1, 0.15) is 5.69 Å². The van der Waals surface area contributed by atoms with Crippen LogP contribution in [0, 0.1) is 11.8 Å². The molecule has 0 bridgehead atoms. The molecule has 5 heteroatoms. The van der Waals surface area contributed by atoms with E-state index in [0.29, 0.717) is 16.9 Å². The number of aromatic nitrogens is 1. The van der Waals surface area contributed by atoms with Crippen molar-refractivity contribution < 1.29 is 9.59 Å². The zero-order valence-electron chi connectivity index (χ0n) is 15.6. The Morgan fingerprint density at radius 1 is 0.964 bits per heavy atom. The highest BCUT2D eigenvalue weighted by molar-refractivity contribution is 6.04. The predicted molar refractivity (Wildman–Crippen MR) is 110 cm³/mol. The van der Waals surface area contributed by atoms with Gasteiger partial charge in [0.25, 0.3) is 5.91 Å². The lowest BCUT2D eigenvalue weighted by atomic mass is 10.1. The average molecular weight is 369 g/mol. The molecular weight excluding hydrogens is 350 g/mol. The van der Waals surface area contributed by atoms with E-state index in [2.05, 4.69) is 22.1 Å². The van der Waals surface area contributed by atoms with Gasteiger partial charge in [-0.15, -0.1) is 0 Å². The third-order valence-electron chi connectivity index (χ3n) is 4.11. The predicted octanol–water partition coefficient (Wildman–Crippen LogP) is 3.72. The molecular formula is C23H19N3O2. The molecule has 0 aliphatic rings. The monoisotopic (exact) mass is 369 g/mol. The van der Waals surface area contributed by atoms with E-state index in [-0.39, 0.29) is 11.8 Å². The smallest absolute Gasteiger partial charge is 0.255 e. The topological polar surface area (TPSA) is 62.3 Å². The largest absolute Gasteiger partial charge is 0.322 e. The first-order chi connectivity index (χ1) is 13.5. The van der Waals surface area contributed by atoms with Gasteiger partial charge in [0.15, 0.2) is 0 Å². The fourth-order valence-corrected chi connectivity index (χ4v) is 2.47. The lowest BCUT2D eigenvalue weighted by Crippen LogP contribution is -2.22. The number of amides is 2. The molecule has 0 atom stereocenters. The Kier molecular flexibility index (Phi) is 5.83. The SMILES string of the molecule is CC(=O)N(C)c1ccc(C(=O)Nc2cccc(C#Cc3ccccn3)c2)cc1. The molecule has 1 N–H and O–H groups in total. The molecule has 0 fully saturated rings. The minimum atomic E-state index is -0.230. The number of nitrogens with one attached hydrogen (secondary N) is 1. The molecule has 0 saturated heterocycles. The summed E-state index contributed by atoms with van der Waals surface area (Å²) in [5.74, 6) is 5.74. The zero-order chi connectivity index (χ0) is 19.9. The van der Waals surface area contributed by atoms with Crippen molar-refractivity contribution in [2.75, 3.05) is 17.3 Å². The third-order valence-corrected chi connectivity index (χ3v) is 4.11. The van der Waals surface area contributed by atoms with Gasteiger partial charge in [0.05, 0.1) is 0 Å². The summed E-state index contributed by atoms with van der Waals surface area (Å²) in [6.45, 7) is 1.49. The van der Waals surface area contributed by atoms with E-state index < -0.39 is 0 Å². The summed E-state index contributed by atoms with van der Waals surface area (Å²) in [5.41, 5.74) is 3.36. The van der Waals surface area contributed by atoms with E-state index in [0.717, 1.165) is 11.3 Å². The van der Waals surface area contributed by atoms with Crippen LogP contribution < -0.4 is 10.2 Å². The summed E-state index contributed by atoms with van der Waals surface area (Å²) in [4.78, 5) is 29.6. The van der Waals surface area contributed by atoms with E-state index in [1.165, 1.54) is 11.8 Å². The summed E-state index contributed by atoms with van der Waals surface area (Å²) < 4.78 is 0. The van der Waals surface area contributed by atoms with Crippen molar-refractivity contribution in [2.24, 2.45) is 0 Å². The van der Waals surface area contributed by atoms with E-state index >= 15 is 0 Å². The maximum Gasteiger partial charge on any atom is 0.255 e. The van der Waals surface area contributed by atoms with Crippen molar-refractivity contribution in [2.45, 2.75) is 6.92 Å². The number of carbonyl (C=O) groups is 2. The van der Waals surface area contributed by atoms with E-state index in [4.69, 9.17) is 0 Å². The van der Waals surface area contributed by atoms with Crippen LogP contribution in [-0.2, 0) is 4.79 Å². The number of pyridine rings is 1. The summed E-state index contributed by atoms with van der Waals surface area (Å²) in [5, 5.41) is 2.87. The first-order valence-electron chi connectivity index (χ1n) is 8.72. The van der Waals surface area contributed by atoms with Crippen LogP contribution in [0.3, 0.4) is 0 Å². The Morgan fingerprint density at radius 3 is 2.43 bits per heavy atom. The quantitative estimate of drug-likeness (QED) is 0.716. The van der Waals surface area contributed by atoms with Crippen LogP contribution in [0.2, 0.25) is 0 Å². The number of benzene rings is 2. The molecule has 3 aromatic rings. The van der Waals surface area contributed by atoms with Gasteiger partial charge in [-0.3, -0.25) is 9.59 Å². The van der Waals surface area contributed by atoms with Crippen LogP contribution in [-0.4, -0.2) is 23.8 Å². The first kappa shape index (κ1) is 18.9. The maximum atomic E-state index is 12.5. The molecule has 0 aliphatic heterocycles. The first-order valence-corrected chi connectivity index (χ1v) is 8.72. The zero-order valence-corrected chi connectivity index (χ0v) is 15.6. The molecule has 28 heavy (non-hydrogen) atoms. The van der Waals surface area contributed by atoms with Crippen molar-refractivity contribution in [1.82, 2.24) is 4.98 Å². The van der Waals surface area contributed by atoms with Crippen LogP contribution in [0.5, 0.6) is 0 Å². The number of hydrogen-bond acceptors (Lipinski definition) is 3. The molecule has 5 nitrogen and oxygen atoms in total. The summed E-state index contributed by atoms with van der Waals surface area (Å²) in [6, 6.07) is 19.7. The van der Waals surface area contributed by atoms with Gasteiger partial charge in [-0.1, -0.05) is 18.1 Å². The van der Waals surface area contributed by atoms with Crippen LogP contribution in [0.1, 0.15) is 28.5 Å². The van der Waals surface area contributed by atoms with Gasteiger partial charge in [-0.25, -0.2) is 4.98 Å². The molecule has 0 aliphatic carbocycles. The highest BCUT2D eigenvalue weighted by atomic mass is 16.2. The molecule has 2 amide bonds. The Hall–Kier alpha value is -3.91. The molecule has 3 rings (SSSR count). The summed E-state index contributed by atoms with van der Waals surface area (Å²) >= 11 is 0. The normalized spacial score (nSPS) is 9.79. The summed E-state index contributed by atoms with van der Waals surface area (Å²) in [6.07, 6.45) is 1.69. The standard InChI is InChI=1S/C23H19N3O2/c1-17(27)26(2)22-13-10-19(11-14-22)23(28)25-21-8-5-6-18(16-21)9-12-20-7-3-4-15-24-20/h3-8,10-11,13-16H,1-2H3,(H,25,28). The number of hydrogen-bond donors (Lipinski definition) is 1. The van der Waals surface area contributed by atoms with Crippen LogP contribution in [0.4, 0.5) is 11.4 Å². The Morgan fingerprint density at radius 2 is 1.75 bits per heavy atom. The number of nitrogens with zero attached hydrogens (tertiary/aromatic N) is 2. The Bertz CT molecular complexity index is 1050. The maximum absolute atomic E-state index is 12.5. The van der Waals surface area contributed by atoms with Crippen molar-refractivity contribution in [1.29, 1.82) is 0 Å². The van der Waals surface area contributed by atoms with E-state index in [9.17, 15) is 9.59 Å². The second-order valence-electron chi connectivity index (χ2n) is 6.12. The Labute approximate surface area is 164 Å². The third kappa shape index (κ3) is 4.83. The van der Waals surface area contributed by atoms with Crippen molar-refractivity contribution in [3.8, 4) is 11.8 Å². The van der Waals surface area contributed by atoms with Crippen molar-refractivity contribution in [3.63, 3.8) is 0 Å². The minimum Gasteiger partial charge on any atom is -0.322 e. The van der Waals surface area contributed by atoms with Crippen LogP contribution >= 0.6 is 0 Å². The summed E-state index contributed by atoms with van der Waals surface area (Å²) in [7, 11) is 1.69. The van der Waals surface area contributed by atoms with Crippen molar-refractivity contribution in [3.05, 3.63) is 89.7 Å². The number of rotatable bonds is 3. The molecule has 0 spiro atoms. The van der Waals surface area contributed by atoms with Gasteiger partial charge in [0, 0.05) is 42.7 Å². The van der Waals surface area contributed by atoms with Crippen LogP contribution in [0.15, 0.2) is 72.9 Å². The second kappa shape index (κ2) is 8.65. The molecule has 1 aromatic heterocycles. The lowest BCUT2D eigenvalue weighted by molar-refractivity contribution is -0.116. The fourth-order valence-electron chi connectivity index (χ4n) is 2.47. The number of carbonyl (C=O) groups excluding carboxylic acids is 2. The minimum absolute atomic E-state index is 0.0687. The average Bonchev–Trinajstić information content (AvgIpc) is 2.73. The fraction of sp³-hybridized carbons (Fsp3) is 0.0870. The second-order valence-corrected chi connectivity index (χ2v) is 6.12. The molecule has 0 saturated carbocycles. The van der Waals surface area contributed by atoms with E-state index in [1.54, 1.807) is 37.5 Å². The number of anilines is 2. The van der Waals surface area contributed by atoms with Gasteiger partial charge in [-0.2, -0.15) is 0 Å². The van der Waals surface area contributed by atoms with Gasteiger partial charge in [-0.05, 0) is 60.5 Å². The van der Waals surface area contributed by atoms with E-state index in [1.807, 2.05) is 42.5 Å². The Balaban J connectivity index is 1.71. The molecule has 2 aromatic carbocycles.